The summed E-state index contributed by atoms with van der Waals surface area (Å²) in [5.74, 6) is 0. The van der Waals surface area contributed by atoms with Gasteiger partial charge in [0.15, 0.2) is 0 Å². The molecule has 0 radical (unpaired) electrons. The van der Waals surface area contributed by atoms with E-state index >= 15 is 0 Å². The van der Waals surface area contributed by atoms with E-state index in [1.807, 2.05) is 0 Å². The average Bonchev–Trinajstić information content (AvgIpc) is 2.15. The fraction of sp³-hybridized carbons (Fsp3) is 0.889. The Kier molecular flexibility index (Phi) is 4.69. The van der Waals surface area contributed by atoms with Gasteiger partial charge in [-0.25, -0.2) is 4.79 Å². The van der Waals surface area contributed by atoms with E-state index < -0.39 is 6.09 Å². The van der Waals surface area contributed by atoms with E-state index in [0.717, 1.165) is 25.7 Å². The van der Waals surface area contributed by atoms with E-state index in [1.54, 1.807) is 0 Å². The van der Waals surface area contributed by atoms with Crippen molar-refractivity contribution in [3.8, 4) is 0 Å². The molecule has 0 aliphatic heterocycles. The van der Waals surface area contributed by atoms with Gasteiger partial charge in [0.1, 0.15) is 6.61 Å². The third-order valence-corrected chi connectivity index (χ3v) is 2.48. The zero-order valence-electron chi connectivity index (χ0n) is 8.24. The van der Waals surface area contributed by atoms with Crippen molar-refractivity contribution in [2.45, 2.75) is 37.8 Å². The van der Waals surface area contributed by atoms with Crippen LogP contribution in [0.5, 0.6) is 0 Å². The lowest BCUT2D eigenvalue weighted by Crippen LogP contribution is -2.43. The number of hydrogen-bond donors (Lipinski definition) is 3. The van der Waals surface area contributed by atoms with E-state index in [-0.39, 0.29) is 18.8 Å². The maximum absolute atomic E-state index is 10.2. The van der Waals surface area contributed by atoms with Gasteiger partial charge in [-0.1, -0.05) is 12.8 Å². The van der Waals surface area contributed by atoms with Crippen molar-refractivity contribution in [3.63, 3.8) is 0 Å². The number of hydrogen-bond acceptors (Lipinski definition) is 4. The zero-order chi connectivity index (χ0) is 10.4. The van der Waals surface area contributed by atoms with Crippen molar-refractivity contribution >= 4 is 6.09 Å². The van der Waals surface area contributed by atoms with Crippen LogP contribution in [-0.2, 0) is 4.74 Å². The van der Waals surface area contributed by atoms with Gasteiger partial charge in [-0.05, 0) is 12.8 Å². The number of nitrogens with one attached hydrogen (secondary N) is 1. The Labute approximate surface area is 83.6 Å². The molecule has 14 heavy (non-hydrogen) atoms. The van der Waals surface area contributed by atoms with Crippen LogP contribution in [0.2, 0.25) is 0 Å². The van der Waals surface area contributed by atoms with Crippen LogP contribution in [0.3, 0.4) is 0 Å². The molecule has 0 heterocycles. The van der Waals surface area contributed by atoms with Crippen molar-refractivity contribution in [1.29, 1.82) is 0 Å². The summed E-state index contributed by atoms with van der Waals surface area (Å²) in [4.78, 5) is 10.2. The topological polar surface area (TPSA) is 84.6 Å². The number of ether oxygens (including phenoxy) is 1. The lowest BCUT2D eigenvalue weighted by molar-refractivity contribution is 0.0865. The normalized spacial score (nSPS) is 27.2. The SMILES string of the molecule is NC(=O)OCCN[C@@H]1CCCC[C@H]1O. The molecule has 1 aliphatic carbocycles. The van der Waals surface area contributed by atoms with E-state index in [4.69, 9.17) is 5.73 Å². The Morgan fingerprint density at radius 2 is 2.21 bits per heavy atom. The fourth-order valence-electron chi connectivity index (χ4n) is 1.75. The number of carbonyl (C=O) groups excluding carboxylic acids is 1. The zero-order valence-corrected chi connectivity index (χ0v) is 8.24. The smallest absolute Gasteiger partial charge is 0.404 e. The summed E-state index contributed by atoms with van der Waals surface area (Å²) in [7, 11) is 0. The summed E-state index contributed by atoms with van der Waals surface area (Å²) in [5.41, 5.74) is 4.80. The Morgan fingerprint density at radius 3 is 2.86 bits per heavy atom. The standard InChI is InChI=1S/C9H18N2O3/c10-9(13)14-6-5-11-7-3-1-2-4-8(7)12/h7-8,11-12H,1-6H2,(H2,10,13)/t7-,8-/m1/s1. The number of amides is 1. The van der Waals surface area contributed by atoms with E-state index in [9.17, 15) is 9.90 Å². The number of nitrogens with two attached hydrogens (primary N) is 1. The minimum Gasteiger partial charge on any atom is -0.448 e. The van der Waals surface area contributed by atoms with E-state index in [0.29, 0.717) is 6.54 Å². The molecule has 1 amide bonds. The summed E-state index contributed by atoms with van der Waals surface area (Å²) < 4.78 is 4.56. The molecule has 1 aliphatic rings. The van der Waals surface area contributed by atoms with Gasteiger partial charge >= 0.3 is 6.09 Å². The van der Waals surface area contributed by atoms with Crippen LogP contribution < -0.4 is 11.1 Å². The third kappa shape index (κ3) is 3.93. The van der Waals surface area contributed by atoms with Crippen LogP contribution in [0.25, 0.3) is 0 Å². The molecule has 0 unspecified atom stereocenters. The second kappa shape index (κ2) is 5.82. The molecule has 0 bridgehead atoms. The second-order valence-electron chi connectivity index (χ2n) is 3.58. The van der Waals surface area contributed by atoms with Crippen LogP contribution >= 0.6 is 0 Å². The van der Waals surface area contributed by atoms with Crippen molar-refractivity contribution in [2.75, 3.05) is 13.2 Å². The molecule has 5 nitrogen and oxygen atoms in total. The number of aliphatic hydroxyl groups is 1. The fourth-order valence-corrected chi connectivity index (χ4v) is 1.75. The molecular formula is C9H18N2O3. The van der Waals surface area contributed by atoms with Gasteiger partial charge in [0, 0.05) is 12.6 Å². The molecule has 0 spiro atoms. The Morgan fingerprint density at radius 1 is 1.50 bits per heavy atom. The molecule has 2 atom stereocenters. The highest BCUT2D eigenvalue weighted by Gasteiger charge is 2.21. The van der Waals surface area contributed by atoms with Gasteiger partial charge in [0.05, 0.1) is 6.10 Å². The van der Waals surface area contributed by atoms with Gasteiger partial charge in [-0.15, -0.1) is 0 Å². The first kappa shape index (κ1) is 11.3. The molecule has 1 saturated carbocycles. The maximum Gasteiger partial charge on any atom is 0.404 e. The lowest BCUT2D eigenvalue weighted by Gasteiger charge is -2.28. The quantitative estimate of drug-likeness (QED) is 0.559. The van der Waals surface area contributed by atoms with E-state index in [1.165, 1.54) is 0 Å². The van der Waals surface area contributed by atoms with Crippen molar-refractivity contribution in [2.24, 2.45) is 5.73 Å². The minimum atomic E-state index is -0.754. The van der Waals surface area contributed by atoms with Crippen LogP contribution in [0, 0.1) is 0 Å². The number of rotatable bonds is 4. The van der Waals surface area contributed by atoms with Gasteiger partial charge < -0.3 is 20.9 Å². The Hall–Kier alpha value is -0.810. The highest BCUT2D eigenvalue weighted by Crippen LogP contribution is 2.17. The molecule has 82 valence electrons. The van der Waals surface area contributed by atoms with Crippen LogP contribution in [0.4, 0.5) is 4.79 Å². The molecule has 5 heteroatoms. The predicted molar refractivity (Wildman–Crippen MR) is 51.8 cm³/mol. The van der Waals surface area contributed by atoms with Crippen LogP contribution in [0.15, 0.2) is 0 Å². The predicted octanol–water partition coefficient (Wildman–Crippen LogP) is -0.0252. The highest BCUT2D eigenvalue weighted by atomic mass is 16.5. The largest absolute Gasteiger partial charge is 0.448 e. The van der Waals surface area contributed by atoms with Crippen molar-refractivity contribution < 1.29 is 14.6 Å². The first-order valence-electron chi connectivity index (χ1n) is 5.04. The summed E-state index contributed by atoms with van der Waals surface area (Å²) in [6.07, 6.45) is 3.06. The van der Waals surface area contributed by atoms with Gasteiger partial charge in [0.25, 0.3) is 0 Å². The van der Waals surface area contributed by atoms with Gasteiger partial charge in [0.2, 0.25) is 0 Å². The van der Waals surface area contributed by atoms with Crippen molar-refractivity contribution in [1.82, 2.24) is 5.32 Å². The van der Waals surface area contributed by atoms with Gasteiger partial charge in [-0.2, -0.15) is 0 Å². The van der Waals surface area contributed by atoms with Crippen LogP contribution in [-0.4, -0.2) is 36.5 Å². The van der Waals surface area contributed by atoms with Crippen LogP contribution in [0.1, 0.15) is 25.7 Å². The summed E-state index contributed by atoms with van der Waals surface area (Å²) in [6.45, 7) is 0.809. The molecule has 0 aromatic carbocycles. The molecule has 4 N–H and O–H groups in total. The Bertz CT molecular complexity index is 187. The van der Waals surface area contributed by atoms with Crippen molar-refractivity contribution in [3.05, 3.63) is 0 Å². The highest BCUT2D eigenvalue weighted by molar-refractivity contribution is 5.64. The first-order valence-corrected chi connectivity index (χ1v) is 5.04. The molecule has 1 rings (SSSR count). The molecule has 1 fully saturated rings. The number of carbonyl (C=O) groups is 1. The molecule has 0 aromatic rings. The van der Waals surface area contributed by atoms with E-state index in [2.05, 4.69) is 10.1 Å². The summed E-state index contributed by atoms with van der Waals surface area (Å²) in [6, 6.07) is 0.139. The Balaban J connectivity index is 2.07. The lowest BCUT2D eigenvalue weighted by atomic mass is 9.93. The minimum absolute atomic E-state index is 0.139. The molecular weight excluding hydrogens is 184 g/mol. The number of aliphatic hydroxyl groups excluding tert-OH is 1. The summed E-state index contributed by atoms with van der Waals surface area (Å²) >= 11 is 0. The monoisotopic (exact) mass is 202 g/mol. The first-order chi connectivity index (χ1) is 6.70. The maximum atomic E-state index is 10.2. The third-order valence-electron chi connectivity index (χ3n) is 2.48. The summed E-state index contributed by atoms with van der Waals surface area (Å²) in [5, 5.41) is 12.7. The number of primary amides is 1. The average molecular weight is 202 g/mol. The second-order valence-corrected chi connectivity index (χ2v) is 3.58. The van der Waals surface area contributed by atoms with Gasteiger partial charge in [-0.3, -0.25) is 0 Å². The molecule has 0 aromatic heterocycles. The molecule has 0 saturated heterocycles.